The lowest BCUT2D eigenvalue weighted by molar-refractivity contribution is -0.383. The Bertz CT molecular complexity index is 1200. The Balaban J connectivity index is 1.36. The second-order valence-electron chi connectivity index (χ2n) is 8.19. The third kappa shape index (κ3) is 6.04. The summed E-state index contributed by atoms with van der Waals surface area (Å²) >= 11 is 0. The van der Waals surface area contributed by atoms with Crippen LogP contribution in [0.2, 0.25) is 0 Å². The largest absolute Gasteiger partial charge is 0.472 e. The summed E-state index contributed by atoms with van der Waals surface area (Å²) < 4.78 is 10.5. The topological polar surface area (TPSA) is 118 Å². The number of ether oxygens (including phenoxy) is 1. The Kier molecular flexibility index (Phi) is 7.41. The number of hydrogen-bond donors (Lipinski definition) is 1. The molecule has 1 aliphatic heterocycles. The lowest BCUT2D eigenvalue weighted by atomic mass is 10.1. The Labute approximate surface area is 202 Å². The number of rotatable bonds is 8. The van der Waals surface area contributed by atoms with Crippen LogP contribution >= 0.6 is 0 Å². The van der Waals surface area contributed by atoms with Gasteiger partial charge < -0.3 is 19.4 Å². The highest BCUT2D eigenvalue weighted by Gasteiger charge is 2.19. The van der Waals surface area contributed by atoms with Crippen LogP contribution in [0, 0.1) is 10.1 Å². The fourth-order valence-corrected chi connectivity index (χ4v) is 3.91. The van der Waals surface area contributed by atoms with Crippen LogP contribution in [0.4, 0.5) is 17.1 Å². The van der Waals surface area contributed by atoms with Crippen LogP contribution < -0.4 is 5.32 Å². The first-order chi connectivity index (χ1) is 16.9. The van der Waals surface area contributed by atoms with Crippen molar-refractivity contribution >= 4 is 28.9 Å². The van der Waals surface area contributed by atoms with Crippen LogP contribution in [-0.2, 0) is 9.53 Å². The first-order valence-electron chi connectivity index (χ1n) is 11.2. The van der Waals surface area contributed by atoms with Crippen molar-refractivity contribution in [2.24, 2.45) is 0 Å². The Morgan fingerprint density at radius 3 is 2.57 bits per heavy atom. The van der Waals surface area contributed by atoms with E-state index in [-0.39, 0.29) is 18.2 Å². The number of nitrogens with one attached hydrogen (secondary N) is 1. The lowest BCUT2D eigenvalue weighted by Gasteiger charge is -2.33. The van der Waals surface area contributed by atoms with Gasteiger partial charge in [-0.3, -0.25) is 19.8 Å². The summed E-state index contributed by atoms with van der Waals surface area (Å²) in [4.78, 5) is 39.1. The second kappa shape index (κ2) is 10.8. The van der Waals surface area contributed by atoms with Gasteiger partial charge in [0.2, 0.25) is 5.91 Å². The maximum Gasteiger partial charge on any atom is 0.338 e. The van der Waals surface area contributed by atoms with E-state index in [1.807, 2.05) is 0 Å². The van der Waals surface area contributed by atoms with Crippen LogP contribution in [0.1, 0.15) is 17.3 Å². The van der Waals surface area contributed by atoms with Crippen molar-refractivity contribution in [3.05, 3.63) is 76.7 Å². The first kappa shape index (κ1) is 24.0. The fourth-order valence-electron chi connectivity index (χ4n) is 3.91. The van der Waals surface area contributed by atoms with Crippen LogP contribution in [0.25, 0.3) is 11.1 Å². The number of nitro benzene ring substituents is 1. The maximum absolute atomic E-state index is 12.5. The smallest absolute Gasteiger partial charge is 0.338 e. The zero-order chi connectivity index (χ0) is 24.8. The summed E-state index contributed by atoms with van der Waals surface area (Å²) in [6.07, 6.45) is 3.03. The molecule has 1 amide bonds. The molecule has 0 aliphatic carbocycles. The first-order valence-corrected chi connectivity index (χ1v) is 11.2. The van der Waals surface area contributed by atoms with Crippen molar-refractivity contribution in [3.63, 3.8) is 0 Å². The summed E-state index contributed by atoms with van der Waals surface area (Å²) in [7, 11) is 0. The van der Waals surface area contributed by atoms with Crippen LogP contribution in [0.3, 0.4) is 0 Å². The van der Waals surface area contributed by atoms with E-state index < -0.39 is 10.9 Å². The summed E-state index contributed by atoms with van der Waals surface area (Å²) in [5.41, 5.74) is 2.48. The molecule has 1 saturated heterocycles. The molecule has 1 aromatic heterocycles. The number of amides is 1. The average Bonchev–Trinajstić information content (AvgIpc) is 3.40. The van der Waals surface area contributed by atoms with E-state index >= 15 is 0 Å². The van der Waals surface area contributed by atoms with E-state index in [2.05, 4.69) is 10.2 Å². The zero-order valence-electron chi connectivity index (χ0n) is 19.3. The number of furan rings is 1. The molecular weight excluding hydrogens is 452 g/mol. The normalized spacial score (nSPS) is 13.9. The number of nitro groups is 1. The lowest BCUT2D eigenvalue weighted by Crippen LogP contribution is -2.48. The molecule has 0 saturated carbocycles. The van der Waals surface area contributed by atoms with Gasteiger partial charge in [-0.2, -0.15) is 0 Å². The van der Waals surface area contributed by atoms with Crippen molar-refractivity contribution in [1.29, 1.82) is 0 Å². The van der Waals surface area contributed by atoms with Gasteiger partial charge in [0, 0.05) is 57.0 Å². The number of esters is 1. The number of hydrogen-bond acceptors (Lipinski definition) is 8. The number of nitrogens with zero attached hydrogens (tertiary/aromatic N) is 3. The molecule has 2 aromatic carbocycles. The van der Waals surface area contributed by atoms with E-state index in [4.69, 9.17) is 9.15 Å². The molecule has 0 atom stereocenters. The molecule has 2 heterocycles. The van der Waals surface area contributed by atoms with Crippen molar-refractivity contribution in [2.45, 2.75) is 6.92 Å². The molecular formula is C25H26N4O6. The SMILES string of the molecule is CC(=O)N1CCN(CCOC(=O)c2cccc(Nc3ccc(-c4ccoc4)cc3[N+](=O)[O-])c2)CC1. The molecule has 0 radical (unpaired) electrons. The van der Waals surface area contributed by atoms with Crippen molar-refractivity contribution in [1.82, 2.24) is 9.80 Å². The highest BCUT2D eigenvalue weighted by molar-refractivity contribution is 5.91. The second-order valence-corrected chi connectivity index (χ2v) is 8.19. The van der Waals surface area contributed by atoms with Crippen LogP contribution in [0.15, 0.2) is 65.5 Å². The molecule has 4 rings (SSSR count). The minimum Gasteiger partial charge on any atom is -0.472 e. The molecule has 10 heteroatoms. The number of anilines is 2. The summed E-state index contributed by atoms with van der Waals surface area (Å²) in [5.74, 6) is -0.398. The van der Waals surface area contributed by atoms with E-state index in [0.717, 1.165) is 18.7 Å². The summed E-state index contributed by atoms with van der Waals surface area (Å²) in [5, 5.41) is 14.7. The van der Waals surface area contributed by atoms with Gasteiger partial charge in [0.1, 0.15) is 12.3 Å². The quantitative estimate of drug-likeness (QED) is 0.294. The number of benzene rings is 2. The van der Waals surface area contributed by atoms with E-state index in [1.165, 1.54) is 18.6 Å². The van der Waals surface area contributed by atoms with Crippen LogP contribution in [0.5, 0.6) is 0 Å². The van der Waals surface area contributed by atoms with Crippen LogP contribution in [-0.4, -0.2) is 65.9 Å². The molecule has 0 unspecified atom stereocenters. The number of piperazine rings is 1. The molecule has 182 valence electrons. The molecule has 10 nitrogen and oxygen atoms in total. The minimum atomic E-state index is -0.471. The molecule has 35 heavy (non-hydrogen) atoms. The molecule has 1 aliphatic rings. The highest BCUT2D eigenvalue weighted by Crippen LogP contribution is 2.33. The van der Waals surface area contributed by atoms with E-state index in [9.17, 15) is 19.7 Å². The predicted molar refractivity (Wildman–Crippen MR) is 129 cm³/mol. The highest BCUT2D eigenvalue weighted by atomic mass is 16.6. The standard InChI is InChI=1S/C25H26N4O6/c1-18(30)28-10-8-27(9-11-28)12-14-35-25(31)20-3-2-4-22(15-20)26-23-6-5-19(16-24(23)29(32)33)21-7-13-34-17-21/h2-7,13,15-17,26H,8-12,14H2,1H3. The molecule has 3 aromatic rings. The summed E-state index contributed by atoms with van der Waals surface area (Å²) in [6, 6.07) is 13.2. The Morgan fingerprint density at radius 2 is 1.89 bits per heavy atom. The zero-order valence-corrected chi connectivity index (χ0v) is 19.3. The van der Waals surface area contributed by atoms with Gasteiger partial charge in [-0.1, -0.05) is 12.1 Å². The van der Waals surface area contributed by atoms with Gasteiger partial charge in [0.15, 0.2) is 0 Å². The fraction of sp³-hybridized carbons (Fsp3) is 0.280. The molecule has 1 fully saturated rings. The van der Waals surface area contributed by atoms with Gasteiger partial charge in [0.25, 0.3) is 5.69 Å². The third-order valence-electron chi connectivity index (χ3n) is 5.88. The number of carbonyl (C=O) groups is 2. The Morgan fingerprint density at radius 1 is 1.09 bits per heavy atom. The van der Waals surface area contributed by atoms with Gasteiger partial charge in [-0.05, 0) is 35.9 Å². The van der Waals surface area contributed by atoms with Gasteiger partial charge in [-0.15, -0.1) is 0 Å². The van der Waals surface area contributed by atoms with Gasteiger partial charge in [0.05, 0.1) is 23.0 Å². The van der Waals surface area contributed by atoms with Gasteiger partial charge in [-0.25, -0.2) is 4.79 Å². The molecule has 0 bridgehead atoms. The average molecular weight is 479 g/mol. The third-order valence-corrected chi connectivity index (χ3v) is 5.88. The Hall–Kier alpha value is -4.18. The van der Waals surface area contributed by atoms with Crippen molar-refractivity contribution in [2.75, 3.05) is 44.6 Å². The van der Waals surface area contributed by atoms with E-state index in [1.54, 1.807) is 54.3 Å². The van der Waals surface area contributed by atoms with Crippen molar-refractivity contribution < 1.29 is 23.7 Å². The van der Waals surface area contributed by atoms with Crippen molar-refractivity contribution in [3.8, 4) is 11.1 Å². The van der Waals surface area contributed by atoms with E-state index in [0.29, 0.717) is 42.1 Å². The van der Waals surface area contributed by atoms with Gasteiger partial charge >= 0.3 is 5.97 Å². The molecule has 1 N–H and O–H groups in total. The minimum absolute atomic E-state index is 0.0730. The maximum atomic E-state index is 12.5. The predicted octanol–water partition coefficient (Wildman–Crippen LogP) is 3.92. The molecule has 0 spiro atoms. The number of carbonyl (C=O) groups excluding carboxylic acids is 2. The monoisotopic (exact) mass is 478 g/mol. The summed E-state index contributed by atoms with van der Waals surface area (Å²) in [6.45, 7) is 5.22.